The van der Waals surface area contributed by atoms with Crippen LogP contribution in [0, 0.1) is 28.2 Å². The van der Waals surface area contributed by atoms with Gasteiger partial charge in [0.25, 0.3) is 0 Å². The normalized spacial score (nSPS) is 20.4. The fourth-order valence-corrected chi connectivity index (χ4v) is 10.9. The second kappa shape index (κ2) is 22.2. The van der Waals surface area contributed by atoms with E-state index in [-0.39, 0.29) is 49.1 Å². The highest BCUT2D eigenvalue weighted by Gasteiger charge is 2.45. The highest BCUT2D eigenvalue weighted by Crippen LogP contribution is 2.42. The molecule has 2 saturated heterocycles. The molecule has 6 rings (SSSR count). The number of rotatable bonds is 18. The number of nitrogens with one attached hydrogen (secondary N) is 2. The molecule has 2 aromatic heterocycles. The van der Waals surface area contributed by atoms with Crippen molar-refractivity contribution >= 4 is 57.6 Å². The third-order valence-electron chi connectivity index (χ3n) is 13.7. The number of aliphatic hydroxyl groups is 1. The average molecular weight is 999 g/mol. The largest absolute Gasteiger partial charge is 0.391 e. The number of halogens is 1. The third-order valence-corrected chi connectivity index (χ3v) is 15.7. The van der Waals surface area contributed by atoms with Crippen molar-refractivity contribution in [2.75, 3.05) is 39.3 Å². The minimum Gasteiger partial charge on any atom is -0.391 e. The Kier molecular flexibility index (Phi) is 17.3. The molecule has 4 heterocycles. The summed E-state index contributed by atoms with van der Waals surface area (Å²) in [6, 6.07) is 5.94. The number of unbranched alkanes of at least 4 members (excludes halogenated alkanes) is 2. The van der Waals surface area contributed by atoms with E-state index in [4.69, 9.17) is 5.10 Å². The monoisotopic (exact) mass is 998 g/mol. The van der Waals surface area contributed by atoms with E-state index in [1.807, 2.05) is 75.5 Å². The lowest BCUT2D eigenvalue weighted by Gasteiger charge is -2.39. The number of carbonyl (C=O) groups is 4. The summed E-state index contributed by atoms with van der Waals surface area (Å²) in [4.78, 5) is 65.6. The van der Waals surface area contributed by atoms with E-state index in [9.17, 15) is 24.3 Å². The number of amides is 4. The van der Waals surface area contributed by atoms with Crippen LogP contribution in [-0.4, -0.2) is 116 Å². The summed E-state index contributed by atoms with van der Waals surface area (Å²) in [5.74, 6) is -0.768. The first kappa shape index (κ1) is 49.0. The van der Waals surface area contributed by atoms with Crippen LogP contribution in [0.3, 0.4) is 0 Å². The zero-order chi connectivity index (χ0) is 45.3. The molecule has 1 aromatic carbocycles. The summed E-state index contributed by atoms with van der Waals surface area (Å²) in [6.07, 6.45) is 12.9. The smallest absolute Gasteiger partial charge is 0.246 e. The Labute approximate surface area is 392 Å². The van der Waals surface area contributed by atoms with E-state index in [2.05, 4.69) is 54.7 Å². The predicted molar refractivity (Wildman–Crippen MR) is 257 cm³/mol. The molecular weight excluding hydrogens is 928 g/mol. The number of likely N-dealkylation sites (tertiary alicyclic amines) is 1. The lowest BCUT2D eigenvalue weighted by molar-refractivity contribution is -0.144. The van der Waals surface area contributed by atoms with Crippen LogP contribution in [0.15, 0.2) is 36.0 Å². The number of aryl methyl sites for hydroxylation is 1. The average Bonchev–Trinajstić information content (AvgIpc) is 3.97. The lowest BCUT2D eigenvalue weighted by atomic mass is 9.71. The van der Waals surface area contributed by atoms with Crippen LogP contribution in [0.1, 0.15) is 134 Å². The molecule has 3 aromatic rings. The molecule has 2 aliphatic heterocycles. The van der Waals surface area contributed by atoms with Gasteiger partial charge in [-0.25, -0.2) is 4.98 Å². The number of piperazine rings is 1. The standard InChI is InChI=1S/C48H71IN8O5S/c1-33(36-16-18-37(19-17-36)43-34(2)50-32-63-43)52-45(61)40-28-38(58)30-56(40)46(62)44(47(4,5)6)53-41(59)14-9-7-10-15-42(60)55-26-24-54(25-27-55)23-13-22-48(20-11-8-12-21-48)31-57-35(3)39(49)29-51-57/h16-19,29,32-33,38,40,44,58H,7-15,20-28,30-31H2,1-6H3,(H,52,61)(H,53,59)/t33-,38+,40-,44+/m0/s1. The van der Waals surface area contributed by atoms with Gasteiger partial charge in [0.15, 0.2) is 0 Å². The van der Waals surface area contributed by atoms with Gasteiger partial charge in [-0.3, -0.25) is 28.8 Å². The van der Waals surface area contributed by atoms with Crippen molar-refractivity contribution in [2.45, 2.75) is 156 Å². The fourth-order valence-electron chi connectivity index (χ4n) is 9.73. The van der Waals surface area contributed by atoms with Crippen LogP contribution < -0.4 is 10.6 Å². The molecule has 15 heteroatoms. The van der Waals surface area contributed by atoms with Gasteiger partial charge >= 0.3 is 0 Å². The Bertz CT molecular complexity index is 2000. The van der Waals surface area contributed by atoms with Gasteiger partial charge in [-0.2, -0.15) is 5.10 Å². The Hall–Kier alpha value is -3.41. The molecular formula is C48H71IN8O5S. The second-order valence-electron chi connectivity index (χ2n) is 19.6. The minimum atomic E-state index is -0.880. The van der Waals surface area contributed by atoms with Crippen molar-refractivity contribution in [3.05, 3.63) is 56.5 Å². The molecule has 0 unspecified atom stereocenters. The molecule has 0 spiro atoms. The quantitative estimate of drug-likeness (QED) is 0.0880. The first-order chi connectivity index (χ1) is 30.0. The van der Waals surface area contributed by atoms with Crippen molar-refractivity contribution in [3.63, 3.8) is 0 Å². The summed E-state index contributed by atoms with van der Waals surface area (Å²) >= 11 is 3.97. The second-order valence-corrected chi connectivity index (χ2v) is 21.6. The molecule has 1 aliphatic carbocycles. The van der Waals surface area contributed by atoms with Crippen molar-refractivity contribution < 1.29 is 24.3 Å². The molecule has 63 heavy (non-hydrogen) atoms. The zero-order valence-corrected chi connectivity index (χ0v) is 41.4. The molecule has 3 aliphatic rings. The summed E-state index contributed by atoms with van der Waals surface area (Å²) in [7, 11) is 0. The number of hydrogen-bond acceptors (Lipinski definition) is 9. The fraction of sp³-hybridized carbons (Fsp3) is 0.667. The number of benzene rings is 1. The number of aliphatic hydroxyl groups excluding tert-OH is 1. The first-order valence-corrected chi connectivity index (χ1v) is 25.3. The Balaban J connectivity index is 0.893. The third kappa shape index (κ3) is 13.1. The Morgan fingerprint density at radius 1 is 0.952 bits per heavy atom. The number of hydrogen-bond donors (Lipinski definition) is 3. The van der Waals surface area contributed by atoms with Crippen molar-refractivity contribution in [3.8, 4) is 10.4 Å². The summed E-state index contributed by atoms with van der Waals surface area (Å²) in [6.45, 7) is 17.2. The molecule has 1 saturated carbocycles. The van der Waals surface area contributed by atoms with Gasteiger partial charge in [-0.05, 0) is 110 Å². The maximum Gasteiger partial charge on any atom is 0.246 e. The SMILES string of the molecule is Cc1ncsc1-c1ccc([C@H](C)NC(=O)[C@@H]2C[C@@H](O)CN2C(=O)[C@@H](NC(=O)CCCCCC(=O)N2CCN(CCCC3(Cn4ncc(I)c4C)CCCCC3)CC2)C(C)(C)C)cc1. The van der Waals surface area contributed by atoms with Crippen molar-refractivity contribution in [2.24, 2.45) is 10.8 Å². The van der Waals surface area contributed by atoms with Gasteiger partial charge in [0, 0.05) is 64.2 Å². The van der Waals surface area contributed by atoms with E-state index < -0.39 is 23.6 Å². The maximum absolute atomic E-state index is 14.1. The highest BCUT2D eigenvalue weighted by molar-refractivity contribution is 14.1. The Morgan fingerprint density at radius 2 is 1.65 bits per heavy atom. The van der Waals surface area contributed by atoms with Gasteiger partial charge in [-0.1, -0.05) is 70.7 Å². The number of aromatic nitrogens is 3. The summed E-state index contributed by atoms with van der Waals surface area (Å²) in [5.41, 5.74) is 5.76. The van der Waals surface area contributed by atoms with E-state index >= 15 is 0 Å². The maximum atomic E-state index is 14.1. The van der Waals surface area contributed by atoms with Crippen LogP contribution in [-0.2, 0) is 25.7 Å². The van der Waals surface area contributed by atoms with Crippen LogP contribution in [0.4, 0.5) is 0 Å². The number of thiazole rings is 1. The molecule has 4 atom stereocenters. The van der Waals surface area contributed by atoms with E-state index in [0.29, 0.717) is 24.7 Å². The molecule has 4 amide bonds. The van der Waals surface area contributed by atoms with E-state index in [1.165, 1.54) is 59.1 Å². The van der Waals surface area contributed by atoms with Crippen LogP contribution in [0.5, 0.6) is 0 Å². The van der Waals surface area contributed by atoms with Crippen molar-refractivity contribution in [1.29, 1.82) is 0 Å². The molecule has 3 fully saturated rings. The zero-order valence-electron chi connectivity index (χ0n) is 38.5. The highest BCUT2D eigenvalue weighted by atomic mass is 127. The topological polar surface area (TPSA) is 153 Å². The Morgan fingerprint density at radius 3 is 2.29 bits per heavy atom. The van der Waals surface area contributed by atoms with Gasteiger partial charge in [0.2, 0.25) is 23.6 Å². The summed E-state index contributed by atoms with van der Waals surface area (Å²) in [5, 5.41) is 21.4. The number of nitrogens with zero attached hydrogens (tertiary/aromatic N) is 6. The first-order valence-electron chi connectivity index (χ1n) is 23.3. The van der Waals surface area contributed by atoms with Gasteiger partial charge < -0.3 is 25.5 Å². The van der Waals surface area contributed by atoms with Crippen molar-refractivity contribution in [1.82, 2.24) is 40.1 Å². The molecule has 0 bridgehead atoms. The minimum absolute atomic E-state index is 0.0209. The van der Waals surface area contributed by atoms with Crippen LogP contribution in [0.2, 0.25) is 0 Å². The van der Waals surface area contributed by atoms with Gasteiger partial charge in [0.1, 0.15) is 12.1 Å². The van der Waals surface area contributed by atoms with E-state index in [1.54, 1.807) is 11.3 Å². The van der Waals surface area contributed by atoms with E-state index in [0.717, 1.165) is 67.4 Å². The number of β-amino-alcohol motifs (C(OH)–C–C–N with tert-alkyl or cyclic N) is 1. The molecule has 0 radical (unpaired) electrons. The molecule has 346 valence electrons. The van der Waals surface area contributed by atoms with Gasteiger partial charge in [0.05, 0.1) is 38.0 Å². The lowest BCUT2D eigenvalue weighted by Crippen LogP contribution is -2.57. The van der Waals surface area contributed by atoms with Gasteiger partial charge in [-0.15, -0.1) is 11.3 Å². The number of carbonyl (C=O) groups excluding carboxylic acids is 4. The van der Waals surface area contributed by atoms with Crippen LogP contribution >= 0.6 is 33.9 Å². The van der Waals surface area contributed by atoms with Crippen LogP contribution in [0.25, 0.3) is 10.4 Å². The summed E-state index contributed by atoms with van der Waals surface area (Å²) < 4.78 is 3.47. The molecule has 13 nitrogen and oxygen atoms in total. The molecule has 3 N–H and O–H groups in total. The predicted octanol–water partition coefficient (Wildman–Crippen LogP) is 7.42.